The molecule has 0 aromatic rings. The number of likely N-dealkylation sites (tertiary alicyclic amines) is 1. The molecule has 0 bridgehead atoms. The molecular formula is C12H23NO2. The minimum absolute atomic E-state index is 0.295. The van der Waals surface area contributed by atoms with Gasteiger partial charge < -0.3 is 9.64 Å². The molecule has 1 rings (SSSR count). The van der Waals surface area contributed by atoms with Crippen molar-refractivity contribution in [3.8, 4) is 0 Å². The third-order valence-electron chi connectivity index (χ3n) is 3.49. The molecule has 88 valence electrons. The van der Waals surface area contributed by atoms with Crippen LogP contribution in [0.3, 0.4) is 0 Å². The lowest BCUT2D eigenvalue weighted by Crippen LogP contribution is -2.50. The third-order valence-corrected chi connectivity index (χ3v) is 3.49. The van der Waals surface area contributed by atoms with Gasteiger partial charge in [-0.1, -0.05) is 13.8 Å². The first-order valence-electron chi connectivity index (χ1n) is 5.99. The molecule has 0 atom stereocenters. The summed E-state index contributed by atoms with van der Waals surface area (Å²) in [6.07, 6.45) is 3.29. The first-order valence-corrected chi connectivity index (χ1v) is 5.99. The molecule has 0 aromatic heterocycles. The highest BCUT2D eigenvalue weighted by atomic mass is 16.5. The monoisotopic (exact) mass is 213 g/mol. The highest BCUT2D eigenvalue weighted by Gasteiger charge is 2.40. The van der Waals surface area contributed by atoms with Crippen LogP contribution in [0.1, 0.15) is 39.5 Å². The quantitative estimate of drug-likeness (QED) is 0.698. The van der Waals surface area contributed by atoms with Gasteiger partial charge in [-0.2, -0.15) is 0 Å². The second kappa shape index (κ2) is 5.61. The van der Waals surface area contributed by atoms with Crippen LogP contribution in [0.2, 0.25) is 0 Å². The summed E-state index contributed by atoms with van der Waals surface area (Å²) >= 11 is 0. The van der Waals surface area contributed by atoms with Crippen molar-refractivity contribution >= 4 is 5.78 Å². The van der Waals surface area contributed by atoms with Crippen molar-refractivity contribution in [2.75, 3.05) is 26.7 Å². The Balaban J connectivity index is 2.59. The van der Waals surface area contributed by atoms with Gasteiger partial charge >= 0.3 is 0 Å². The molecular weight excluding hydrogens is 190 g/mol. The number of hydrogen-bond donors (Lipinski definition) is 0. The van der Waals surface area contributed by atoms with Crippen molar-refractivity contribution in [2.45, 2.75) is 45.1 Å². The van der Waals surface area contributed by atoms with Crippen molar-refractivity contribution < 1.29 is 9.53 Å². The van der Waals surface area contributed by atoms with Crippen molar-refractivity contribution in [1.82, 2.24) is 4.90 Å². The Bertz CT molecular complexity index is 208. The number of methoxy groups -OCH3 is 1. The number of carbonyl (C=O) groups excluding carboxylic acids is 1. The lowest BCUT2D eigenvalue weighted by molar-refractivity contribution is -0.147. The van der Waals surface area contributed by atoms with Gasteiger partial charge in [-0.3, -0.25) is 4.79 Å². The average Bonchev–Trinajstić information content (AvgIpc) is 2.29. The largest absolute Gasteiger partial charge is 0.370 e. The molecule has 0 radical (unpaired) electrons. The van der Waals surface area contributed by atoms with Gasteiger partial charge in [0, 0.05) is 26.6 Å². The Morgan fingerprint density at radius 2 is 1.93 bits per heavy atom. The van der Waals surface area contributed by atoms with Crippen LogP contribution in [0.5, 0.6) is 0 Å². The van der Waals surface area contributed by atoms with E-state index in [1.54, 1.807) is 7.11 Å². The highest BCUT2D eigenvalue weighted by Crippen LogP contribution is 2.28. The van der Waals surface area contributed by atoms with Crippen LogP contribution < -0.4 is 0 Å². The van der Waals surface area contributed by atoms with Crippen molar-refractivity contribution in [2.24, 2.45) is 0 Å². The zero-order chi connectivity index (χ0) is 11.3. The number of nitrogens with zero attached hydrogens (tertiary/aromatic N) is 1. The normalized spacial score (nSPS) is 21.5. The second-order valence-corrected chi connectivity index (χ2v) is 4.31. The number of Topliss-reactive ketones (excluding diaryl/α,β-unsaturated/α-hetero) is 1. The molecule has 1 aliphatic heterocycles. The van der Waals surface area contributed by atoms with Gasteiger partial charge in [0.15, 0.2) is 5.78 Å². The Hall–Kier alpha value is -0.410. The standard InChI is InChI=1S/C12H23NO2/c1-4-6-11(14)12(15-3)7-9-13(5-2)10-8-12/h4-10H2,1-3H3. The van der Waals surface area contributed by atoms with Gasteiger partial charge in [0.05, 0.1) is 0 Å². The van der Waals surface area contributed by atoms with Crippen LogP contribution in [-0.2, 0) is 9.53 Å². The van der Waals surface area contributed by atoms with E-state index in [0.717, 1.165) is 38.9 Å². The molecule has 15 heavy (non-hydrogen) atoms. The summed E-state index contributed by atoms with van der Waals surface area (Å²) in [4.78, 5) is 14.4. The zero-order valence-electron chi connectivity index (χ0n) is 10.2. The minimum Gasteiger partial charge on any atom is -0.370 e. The molecule has 0 N–H and O–H groups in total. The summed E-state index contributed by atoms with van der Waals surface area (Å²) in [5.41, 5.74) is -0.471. The second-order valence-electron chi connectivity index (χ2n) is 4.31. The van der Waals surface area contributed by atoms with Crippen molar-refractivity contribution in [3.05, 3.63) is 0 Å². The molecule has 0 spiro atoms. The summed E-state index contributed by atoms with van der Waals surface area (Å²) in [7, 11) is 1.68. The van der Waals surface area contributed by atoms with E-state index < -0.39 is 5.60 Å². The van der Waals surface area contributed by atoms with E-state index in [9.17, 15) is 4.79 Å². The predicted octanol–water partition coefficient (Wildman–Crippen LogP) is 1.86. The number of piperidine rings is 1. The van der Waals surface area contributed by atoms with E-state index in [1.807, 2.05) is 6.92 Å². The maximum absolute atomic E-state index is 12.0. The van der Waals surface area contributed by atoms with Crippen LogP contribution in [0, 0.1) is 0 Å². The predicted molar refractivity (Wildman–Crippen MR) is 61.0 cm³/mol. The average molecular weight is 213 g/mol. The fourth-order valence-electron chi connectivity index (χ4n) is 2.28. The molecule has 1 fully saturated rings. The van der Waals surface area contributed by atoms with Crippen LogP contribution >= 0.6 is 0 Å². The van der Waals surface area contributed by atoms with Gasteiger partial charge in [0.25, 0.3) is 0 Å². The summed E-state index contributed by atoms with van der Waals surface area (Å²) in [6, 6.07) is 0. The summed E-state index contributed by atoms with van der Waals surface area (Å²) in [6.45, 7) is 7.25. The Morgan fingerprint density at radius 1 is 1.33 bits per heavy atom. The van der Waals surface area contributed by atoms with Gasteiger partial charge in [0.2, 0.25) is 0 Å². The number of ketones is 1. The number of ether oxygens (including phenoxy) is 1. The number of hydrogen-bond acceptors (Lipinski definition) is 3. The molecule has 0 saturated carbocycles. The maximum Gasteiger partial charge on any atom is 0.164 e. The molecule has 1 aliphatic rings. The van der Waals surface area contributed by atoms with E-state index >= 15 is 0 Å². The molecule has 1 saturated heterocycles. The topological polar surface area (TPSA) is 29.5 Å². The summed E-state index contributed by atoms with van der Waals surface area (Å²) < 4.78 is 5.51. The van der Waals surface area contributed by atoms with E-state index in [2.05, 4.69) is 11.8 Å². The third kappa shape index (κ3) is 2.79. The van der Waals surface area contributed by atoms with Gasteiger partial charge in [-0.05, 0) is 25.8 Å². The van der Waals surface area contributed by atoms with E-state index in [1.165, 1.54) is 0 Å². The van der Waals surface area contributed by atoms with Crippen LogP contribution in [0.15, 0.2) is 0 Å². The molecule has 3 nitrogen and oxygen atoms in total. The van der Waals surface area contributed by atoms with Gasteiger partial charge in [-0.25, -0.2) is 0 Å². The Labute approximate surface area is 92.8 Å². The molecule has 0 aliphatic carbocycles. The molecule has 0 unspecified atom stereocenters. The first kappa shape index (κ1) is 12.7. The fourth-order valence-corrected chi connectivity index (χ4v) is 2.28. The number of rotatable bonds is 5. The molecule has 0 amide bonds. The van der Waals surface area contributed by atoms with Gasteiger partial charge in [0.1, 0.15) is 5.60 Å². The van der Waals surface area contributed by atoms with Crippen molar-refractivity contribution in [1.29, 1.82) is 0 Å². The SMILES string of the molecule is CCCC(=O)C1(OC)CCN(CC)CC1. The summed E-state index contributed by atoms with van der Waals surface area (Å²) in [5, 5.41) is 0. The van der Waals surface area contributed by atoms with Crippen LogP contribution in [0.4, 0.5) is 0 Å². The minimum atomic E-state index is -0.471. The lowest BCUT2D eigenvalue weighted by Gasteiger charge is -2.39. The molecule has 0 aromatic carbocycles. The van der Waals surface area contributed by atoms with E-state index in [-0.39, 0.29) is 0 Å². The summed E-state index contributed by atoms with van der Waals surface area (Å²) in [5.74, 6) is 0.295. The molecule has 1 heterocycles. The van der Waals surface area contributed by atoms with Gasteiger partial charge in [-0.15, -0.1) is 0 Å². The highest BCUT2D eigenvalue weighted by molar-refractivity contribution is 5.87. The van der Waals surface area contributed by atoms with Crippen LogP contribution in [0.25, 0.3) is 0 Å². The first-order chi connectivity index (χ1) is 7.18. The molecule has 3 heteroatoms. The van der Waals surface area contributed by atoms with Crippen LogP contribution in [-0.4, -0.2) is 43.0 Å². The smallest absolute Gasteiger partial charge is 0.164 e. The Kier molecular flexibility index (Phi) is 4.74. The lowest BCUT2D eigenvalue weighted by atomic mass is 9.85. The van der Waals surface area contributed by atoms with E-state index in [0.29, 0.717) is 12.2 Å². The fraction of sp³-hybridized carbons (Fsp3) is 0.917. The van der Waals surface area contributed by atoms with Crippen molar-refractivity contribution in [3.63, 3.8) is 0 Å². The Morgan fingerprint density at radius 3 is 2.33 bits per heavy atom. The van der Waals surface area contributed by atoms with E-state index in [4.69, 9.17) is 4.74 Å². The maximum atomic E-state index is 12.0. The zero-order valence-corrected chi connectivity index (χ0v) is 10.2. The number of carbonyl (C=O) groups is 1.